The summed E-state index contributed by atoms with van der Waals surface area (Å²) >= 11 is 3.34. The minimum Gasteiger partial charge on any atom is -0.458 e. The summed E-state index contributed by atoms with van der Waals surface area (Å²) in [5, 5.41) is 2.57. The molecule has 0 aliphatic rings. The number of nitrogens with zero attached hydrogens (tertiary/aromatic N) is 1. The Morgan fingerprint density at radius 3 is 2.50 bits per heavy atom. The molecular weight excluding hydrogens is 324 g/mol. The van der Waals surface area contributed by atoms with Gasteiger partial charge in [0.15, 0.2) is 0 Å². The molecule has 6 heteroatoms. The quantitative estimate of drug-likeness (QED) is 0.857. The second-order valence-corrected chi connectivity index (χ2v) is 6.40. The van der Waals surface area contributed by atoms with Gasteiger partial charge in [-0.3, -0.25) is 9.78 Å². The molecule has 0 bridgehead atoms. The number of aromatic nitrogens is 1. The second-order valence-electron chi connectivity index (χ2n) is 5.55. The Balaban J connectivity index is 2.70. The number of esters is 1. The van der Waals surface area contributed by atoms with Crippen molar-refractivity contribution in [2.45, 2.75) is 46.3 Å². The van der Waals surface area contributed by atoms with Gasteiger partial charge in [-0.25, -0.2) is 4.79 Å². The summed E-state index contributed by atoms with van der Waals surface area (Å²) in [5.74, 6) is -0.888. The van der Waals surface area contributed by atoms with Crippen molar-refractivity contribution in [2.24, 2.45) is 0 Å². The Bertz CT molecular complexity index is 524. The first-order valence-corrected chi connectivity index (χ1v) is 7.05. The molecule has 0 radical (unpaired) electrons. The molecular formula is C14H19BrN2O3. The largest absolute Gasteiger partial charge is 0.458 e. The summed E-state index contributed by atoms with van der Waals surface area (Å²) in [5.41, 5.74) is 0.598. The van der Waals surface area contributed by atoms with Gasteiger partial charge in [-0.2, -0.15) is 0 Å². The molecule has 110 valence electrons. The number of hydrogen-bond donors (Lipinski definition) is 1. The maximum absolute atomic E-state index is 12.0. The van der Waals surface area contributed by atoms with Crippen LogP contribution in [0.25, 0.3) is 0 Å². The van der Waals surface area contributed by atoms with E-state index < -0.39 is 23.5 Å². The summed E-state index contributed by atoms with van der Waals surface area (Å²) in [4.78, 5) is 27.8. The minimum atomic E-state index is -0.733. The van der Waals surface area contributed by atoms with Crippen molar-refractivity contribution in [1.82, 2.24) is 10.3 Å². The molecule has 1 N–H and O–H groups in total. The molecule has 0 aromatic carbocycles. The summed E-state index contributed by atoms with van der Waals surface area (Å²) in [6, 6.07) is 0.885. The normalized spacial score (nSPS) is 12.7. The van der Waals surface area contributed by atoms with Crippen LogP contribution in [0, 0.1) is 6.92 Å². The lowest BCUT2D eigenvalue weighted by atomic mass is 10.2. The molecule has 1 unspecified atom stereocenters. The van der Waals surface area contributed by atoms with Crippen LogP contribution >= 0.6 is 15.9 Å². The lowest BCUT2D eigenvalue weighted by Gasteiger charge is -2.22. The van der Waals surface area contributed by atoms with Crippen LogP contribution < -0.4 is 5.32 Å². The first-order chi connectivity index (χ1) is 9.10. The van der Waals surface area contributed by atoms with Crippen molar-refractivity contribution in [3.05, 3.63) is 28.0 Å². The molecule has 20 heavy (non-hydrogen) atoms. The first kappa shape index (κ1) is 16.6. The topological polar surface area (TPSA) is 68.3 Å². The van der Waals surface area contributed by atoms with Crippen molar-refractivity contribution < 1.29 is 14.3 Å². The standard InChI is InChI=1S/C14H19BrN2O3/c1-8-7-16-11(6-10(8)15)12(18)17-9(2)13(19)20-14(3,4)5/h6-7,9H,1-5H3,(H,17,18). The average molecular weight is 343 g/mol. The lowest BCUT2D eigenvalue weighted by molar-refractivity contribution is -0.156. The number of hydrogen-bond acceptors (Lipinski definition) is 4. The van der Waals surface area contributed by atoms with Gasteiger partial charge in [0, 0.05) is 10.7 Å². The highest BCUT2D eigenvalue weighted by atomic mass is 79.9. The maximum atomic E-state index is 12.0. The summed E-state index contributed by atoms with van der Waals surface area (Å²) in [6.07, 6.45) is 1.59. The molecule has 1 aromatic heterocycles. The minimum absolute atomic E-state index is 0.248. The van der Waals surface area contributed by atoms with Crippen molar-refractivity contribution in [3.8, 4) is 0 Å². The van der Waals surface area contributed by atoms with Crippen LogP contribution in [0.1, 0.15) is 43.7 Å². The van der Waals surface area contributed by atoms with Gasteiger partial charge < -0.3 is 10.1 Å². The van der Waals surface area contributed by atoms with Crippen LogP contribution in [-0.2, 0) is 9.53 Å². The van der Waals surface area contributed by atoms with E-state index in [1.165, 1.54) is 0 Å². The third kappa shape index (κ3) is 4.92. The summed E-state index contributed by atoms with van der Waals surface area (Å²) < 4.78 is 5.99. The molecule has 0 aliphatic heterocycles. The zero-order valence-electron chi connectivity index (χ0n) is 12.3. The van der Waals surface area contributed by atoms with Gasteiger partial charge >= 0.3 is 5.97 Å². The fourth-order valence-corrected chi connectivity index (χ4v) is 1.66. The smallest absolute Gasteiger partial charge is 0.328 e. The van der Waals surface area contributed by atoms with E-state index >= 15 is 0 Å². The molecule has 1 atom stereocenters. The zero-order chi connectivity index (χ0) is 15.5. The second kappa shape index (κ2) is 6.35. The van der Waals surface area contributed by atoms with Gasteiger partial charge in [-0.15, -0.1) is 0 Å². The van der Waals surface area contributed by atoms with E-state index in [1.54, 1.807) is 40.0 Å². The Morgan fingerprint density at radius 2 is 2.00 bits per heavy atom. The van der Waals surface area contributed by atoms with Crippen LogP contribution in [0.3, 0.4) is 0 Å². The van der Waals surface area contributed by atoms with Crippen LogP contribution in [0.15, 0.2) is 16.7 Å². The lowest BCUT2D eigenvalue weighted by Crippen LogP contribution is -2.42. The number of carbonyl (C=O) groups excluding carboxylic acids is 2. The van der Waals surface area contributed by atoms with Crippen molar-refractivity contribution in [3.63, 3.8) is 0 Å². The van der Waals surface area contributed by atoms with Crippen molar-refractivity contribution in [1.29, 1.82) is 0 Å². The zero-order valence-corrected chi connectivity index (χ0v) is 13.9. The van der Waals surface area contributed by atoms with Gasteiger partial charge in [0.2, 0.25) is 0 Å². The molecule has 0 spiro atoms. The predicted octanol–water partition coefficient (Wildman–Crippen LogP) is 2.61. The third-order valence-electron chi connectivity index (χ3n) is 2.38. The van der Waals surface area contributed by atoms with E-state index in [0.29, 0.717) is 0 Å². The van der Waals surface area contributed by atoms with E-state index in [9.17, 15) is 9.59 Å². The number of rotatable bonds is 3. The van der Waals surface area contributed by atoms with E-state index in [0.717, 1.165) is 10.0 Å². The number of amides is 1. The van der Waals surface area contributed by atoms with Crippen LogP contribution in [0.4, 0.5) is 0 Å². The fraction of sp³-hybridized carbons (Fsp3) is 0.500. The number of carbonyl (C=O) groups is 2. The molecule has 1 heterocycles. The Kier molecular flexibility index (Phi) is 5.28. The predicted molar refractivity (Wildman–Crippen MR) is 79.4 cm³/mol. The Labute approximate surface area is 127 Å². The Hall–Kier alpha value is -1.43. The molecule has 0 saturated heterocycles. The van der Waals surface area contributed by atoms with Gasteiger partial charge in [0.25, 0.3) is 5.91 Å². The number of aryl methyl sites for hydroxylation is 1. The molecule has 0 aliphatic carbocycles. The molecule has 1 amide bonds. The molecule has 1 aromatic rings. The average Bonchev–Trinajstić information content (AvgIpc) is 2.30. The number of halogens is 1. The number of ether oxygens (including phenoxy) is 1. The van der Waals surface area contributed by atoms with E-state index in [-0.39, 0.29) is 5.69 Å². The highest BCUT2D eigenvalue weighted by Gasteiger charge is 2.23. The monoisotopic (exact) mass is 342 g/mol. The van der Waals surface area contributed by atoms with E-state index in [4.69, 9.17) is 4.74 Å². The first-order valence-electron chi connectivity index (χ1n) is 6.26. The molecule has 0 fully saturated rings. The SMILES string of the molecule is Cc1cnc(C(=O)NC(C)C(=O)OC(C)(C)C)cc1Br. The van der Waals surface area contributed by atoms with Gasteiger partial charge in [0.05, 0.1) is 0 Å². The van der Waals surface area contributed by atoms with E-state index in [1.807, 2.05) is 6.92 Å². The molecule has 5 nitrogen and oxygen atoms in total. The number of nitrogens with one attached hydrogen (secondary N) is 1. The van der Waals surface area contributed by atoms with Gasteiger partial charge in [-0.1, -0.05) is 15.9 Å². The third-order valence-corrected chi connectivity index (χ3v) is 3.23. The van der Waals surface area contributed by atoms with Crippen LogP contribution in [0.2, 0.25) is 0 Å². The molecule has 1 rings (SSSR count). The summed E-state index contributed by atoms with van der Waals surface area (Å²) in [7, 11) is 0. The Morgan fingerprint density at radius 1 is 1.40 bits per heavy atom. The van der Waals surface area contributed by atoms with Crippen molar-refractivity contribution >= 4 is 27.8 Å². The van der Waals surface area contributed by atoms with E-state index in [2.05, 4.69) is 26.2 Å². The van der Waals surface area contributed by atoms with Crippen molar-refractivity contribution in [2.75, 3.05) is 0 Å². The molecule has 0 saturated carbocycles. The van der Waals surface area contributed by atoms with Gasteiger partial charge in [0.1, 0.15) is 17.3 Å². The highest BCUT2D eigenvalue weighted by molar-refractivity contribution is 9.10. The van der Waals surface area contributed by atoms with Crippen LogP contribution in [-0.4, -0.2) is 28.5 Å². The maximum Gasteiger partial charge on any atom is 0.328 e. The number of pyridine rings is 1. The van der Waals surface area contributed by atoms with Crippen LogP contribution in [0.5, 0.6) is 0 Å². The highest BCUT2D eigenvalue weighted by Crippen LogP contribution is 2.15. The fourth-order valence-electron chi connectivity index (χ4n) is 1.34. The summed E-state index contributed by atoms with van der Waals surface area (Å²) in [6.45, 7) is 8.78. The van der Waals surface area contributed by atoms with Gasteiger partial charge in [-0.05, 0) is 46.2 Å².